The second-order valence-corrected chi connectivity index (χ2v) is 5.68. The first-order valence-electron chi connectivity index (χ1n) is 5.69. The Morgan fingerprint density at radius 3 is 3.12 bits per heavy atom. The van der Waals surface area contributed by atoms with Crippen LogP contribution in [0.5, 0.6) is 0 Å². The van der Waals surface area contributed by atoms with Gasteiger partial charge in [0.05, 0.1) is 12.1 Å². The highest BCUT2D eigenvalue weighted by Gasteiger charge is 2.33. The van der Waals surface area contributed by atoms with Crippen LogP contribution in [0.4, 0.5) is 0 Å². The molecule has 2 rings (SSSR count). The van der Waals surface area contributed by atoms with E-state index in [-0.39, 0.29) is 5.54 Å². The van der Waals surface area contributed by atoms with Crippen LogP contribution in [0, 0.1) is 0 Å². The number of hydrogen-bond acceptors (Lipinski definition) is 4. The molecule has 0 amide bonds. The lowest BCUT2D eigenvalue weighted by Gasteiger charge is -2.42. The number of nitrogens with two attached hydrogens (primary N) is 1. The van der Waals surface area contributed by atoms with Crippen molar-refractivity contribution in [1.29, 1.82) is 0 Å². The molecule has 2 N–H and O–H groups in total. The van der Waals surface area contributed by atoms with Crippen LogP contribution in [-0.2, 0) is 17.7 Å². The molecular formula is C12H20N2OS. The molecule has 2 heterocycles. The summed E-state index contributed by atoms with van der Waals surface area (Å²) in [6, 6.07) is 2.23. The monoisotopic (exact) mass is 240 g/mol. The van der Waals surface area contributed by atoms with Gasteiger partial charge in [-0.05, 0) is 30.4 Å². The Labute approximate surface area is 101 Å². The number of methoxy groups -OCH3 is 1. The average Bonchev–Trinajstić information content (AvgIpc) is 2.76. The molecule has 0 spiro atoms. The fourth-order valence-corrected chi connectivity index (χ4v) is 3.19. The number of thiophene rings is 1. The van der Waals surface area contributed by atoms with Crippen molar-refractivity contribution in [2.45, 2.75) is 25.4 Å². The fourth-order valence-electron chi connectivity index (χ4n) is 2.30. The van der Waals surface area contributed by atoms with E-state index in [1.54, 1.807) is 7.11 Å². The lowest BCUT2D eigenvalue weighted by molar-refractivity contribution is 0.0187. The zero-order valence-corrected chi connectivity index (χ0v) is 10.8. The fraction of sp³-hybridized carbons (Fsp3) is 0.667. The van der Waals surface area contributed by atoms with Gasteiger partial charge in [0.15, 0.2) is 0 Å². The molecule has 1 atom stereocenters. The van der Waals surface area contributed by atoms with Crippen molar-refractivity contribution in [3.63, 3.8) is 0 Å². The topological polar surface area (TPSA) is 38.5 Å². The normalized spacial score (nSPS) is 20.4. The van der Waals surface area contributed by atoms with Crippen molar-refractivity contribution in [3.05, 3.63) is 21.9 Å². The predicted molar refractivity (Wildman–Crippen MR) is 67.8 cm³/mol. The third kappa shape index (κ3) is 2.15. The van der Waals surface area contributed by atoms with Crippen LogP contribution >= 0.6 is 11.3 Å². The molecule has 0 fully saturated rings. The van der Waals surface area contributed by atoms with Crippen LogP contribution in [-0.4, -0.2) is 37.2 Å². The molecule has 0 radical (unpaired) electrons. The lowest BCUT2D eigenvalue weighted by Crippen LogP contribution is -2.55. The summed E-state index contributed by atoms with van der Waals surface area (Å²) in [6.07, 6.45) is 1.15. The molecule has 3 nitrogen and oxygen atoms in total. The Morgan fingerprint density at radius 1 is 1.62 bits per heavy atom. The van der Waals surface area contributed by atoms with Gasteiger partial charge in [0.1, 0.15) is 0 Å². The van der Waals surface area contributed by atoms with Gasteiger partial charge in [-0.1, -0.05) is 0 Å². The molecular weight excluding hydrogens is 220 g/mol. The highest BCUT2D eigenvalue weighted by molar-refractivity contribution is 7.10. The predicted octanol–water partition coefficient (Wildman–Crippen LogP) is 1.47. The van der Waals surface area contributed by atoms with Gasteiger partial charge >= 0.3 is 0 Å². The number of rotatable bonds is 4. The molecule has 4 heteroatoms. The second kappa shape index (κ2) is 4.84. The molecule has 1 aliphatic heterocycles. The Balaban J connectivity index is 2.12. The Bertz CT molecular complexity index is 353. The van der Waals surface area contributed by atoms with E-state index >= 15 is 0 Å². The number of hydrogen-bond donors (Lipinski definition) is 1. The van der Waals surface area contributed by atoms with Crippen LogP contribution in [0.15, 0.2) is 11.4 Å². The summed E-state index contributed by atoms with van der Waals surface area (Å²) in [7, 11) is 1.74. The van der Waals surface area contributed by atoms with E-state index in [4.69, 9.17) is 10.5 Å². The van der Waals surface area contributed by atoms with Gasteiger partial charge in [-0.2, -0.15) is 0 Å². The van der Waals surface area contributed by atoms with E-state index in [2.05, 4.69) is 23.3 Å². The first kappa shape index (κ1) is 12.0. The summed E-state index contributed by atoms with van der Waals surface area (Å²) in [5.41, 5.74) is 7.33. The van der Waals surface area contributed by atoms with Crippen LogP contribution in [0.3, 0.4) is 0 Å². The maximum Gasteiger partial charge on any atom is 0.0656 e. The van der Waals surface area contributed by atoms with E-state index in [0.717, 1.165) is 19.5 Å². The summed E-state index contributed by atoms with van der Waals surface area (Å²) in [6.45, 7) is 5.62. The largest absolute Gasteiger partial charge is 0.383 e. The van der Waals surface area contributed by atoms with Crippen LogP contribution in [0.1, 0.15) is 17.4 Å². The van der Waals surface area contributed by atoms with Crippen molar-refractivity contribution in [2.75, 3.05) is 26.8 Å². The van der Waals surface area contributed by atoms with Crippen molar-refractivity contribution < 1.29 is 4.74 Å². The SMILES string of the molecule is COCC(C)(CN)N1CCc2sccc2C1. The minimum Gasteiger partial charge on any atom is -0.383 e. The van der Waals surface area contributed by atoms with Crippen LogP contribution in [0.2, 0.25) is 0 Å². The van der Waals surface area contributed by atoms with Gasteiger partial charge in [0.25, 0.3) is 0 Å². The van der Waals surface area contributed by atoms with E-state index in [1.807, 2.05) is 11.3 Å². The van der Waals surface area contributed by atoms with E-state index < -0.39 is 0 Å². The molecule has 0 saturated heterocycles. The van der Waals surface area contributed by atoms with Gasteiger partial charge < -0.3 is 10.5 Å². The summed E-state index contributed by atoms with van der Waals surface area (Å²) < 4.78 is 5.30. The first-order chi connectivity index (χ1) is 7.69. The number of ether oxygens (including phenoxy) is 1. The molecule has 90 valence electrons. The first-order valence-corrected chi connectivity index (χ1v) is 6.57. The lowest BCUT2D eigenvalue weighted by atomic mass is 9.97. The molecule has 0 aromatic carbocycles. The molecule has 1 aromatic heterocycles. The summed E-state index contributed by atoms with van der Waals surface area (Å²) >= 11 is 1.87. The zero-order valence-electron chi connectivity index (χ0n) is 10.0. The van der Waals surface area contributed by atoms with Crippen LogP contribution in [0.25, 0.3) is 0 Å². The Morgan fingerprint density at radius 2 is 2.44 bits per heavy atom. The third-order valence-electron chi connectivity index (χ3n) is 3.47. The Hall–Kier alpha value is -0.420. The van der Waals surface area contributed by atoms with Gasteiger partial charge in [-0.3, -0.25) is 4.90 Å². The van der Waals surface area contributed by atoms with Crippen molar-refractivity contribution in [2.24, 2.45) is 5.73 Å². The van der Waals surface area contributed by atoms with Crippen molar-refractivity contribution in [1.82, 2.24) is 4.90 Å². The molecule has 0 aliphatic carbocycles. The van der Waals surface area contributed by atoms with E-state index in [1.165, 1.54) is 10.4 Å². The highest BCUT2D eigenvalue weighted by atomic mass is 32.1. The van der Waals surface area contributed by atoms with Gasteiger partial charge in [0, 0.05) is 31.6 Å². The van der Waals surface area contributed by atoms with Crippen molar-refractivity contribution in [3.8, 4) is 0 Å². The minimum absolute atomic E-state index is 0.0334. The summed E-state index contributed by atoms with van der Waals surface area (Å²) in [5, 5.41) is 2.18. The quantitative estimate of drug-likeness (QED) is 0.866. The summed E-state index contributed by atoms with van der Waals surface area (Å²) in [4.78, 5) is 3.99. The zero-order chi connectivity index (χ0) is 11.6. The molecule has 16 heavy (non-hydrogen) atoms. The minimum atomic E-state index is -0.0334. The number of fused-ring (bicyclic) bond motifs is 1. The number of nitrogens with zero attached hydrogens (tertiary/aromatic N) is 1. The third-order valence-corrected chi connectivity index (χ3v) is 4.49. The van der Waals surface area contributed by atoms with Gasteiger partial charge in [-0.25, -0.2) is 0 Å². The smallest absolute Gasteiger partial charge is 0.0656 e. The Kier molecular flexibility index (Phi) is 3.64. The van der Waals surface area contributed by atoms with Gasteiger partial charge in [-0.15, -0.1) is 11.3 Å². The van der Waals surface area contributed by atoms with E-state index in [0.29, 0.717) is 13.2 Å². The maximum absolute atomic E-state index is 5.90. The molecule has 1 aromatic rings. The average molecular weight is 240 g/mol. The van der Waals surface area contributed by atoms with Crippen molar-refractivity contribution >= 4 is 11.3 Å². The molecule has 1 unspecified atom stereocenters. The van der Waals surface area contributed by atoms with Crippen LogP contribution < -0.4 is 5.73 Å². The summed E-state index contributed by atoms with van der Waals surface area (Å²) in [5.74, 6) is 0. The second-order valence-electron chi connectivity index (χ2n) is 4.67. The molecule has 0 bridgehead atoms. The van der Waals surface area contributed by atoms with E-state index in [9.17, 15) is 0 Å². The molecule has 0 saturated carbocycles. The van der Waals surface area contributed by atoms with Gasteiger partial charge in [0.2, 0.25) is 0 Å². The highest BCUT2D eigenvalue weighted by Crippen LogP contribution is 2.28. The maximum atomic E-state index is 5.90. The standard InChI is InChI=1S/C12H20N2OS/c1-12(8-13,9-15-2)14-5-3-11-10(7-14)4-6-16-11/h4,6H,3,5,7-9,13H2,1-2H3. The molecule has 1 aliphatic rings.